The van der Waals surface area contributed by atoms with E-state index in [0.717, 1.165) is 0 Å². The fourth-order valence-electron chi connectivity index (χ4n) is 5.07. The first-order chi connectivity index (χ1) is 16.7. The Balaban J connectivity index is 1.88. The van der Waals surface area contributed by atoms with E-state index in [-0.39, 0.29) is 50.3 Å². The smallest absolute Gasteiger partial charge is 0.198 e. The van der Waals surface area contributed by atoms with Crippen molar-refractivity contribution in [2.24, 2.45) is 0 Å². The summed E-state index contributed by atoms with van der Waals surface area (Å²) in [6.07, 6.45) is -1.92. The highest BCUT2D eigenvalue weighted by molar-refractivity contribution is 6.31. The van der Waals surface area contributed by atoms with Gasteiger partial charge >= 0.3 is 0 Å². The number of ether oxygens (including phenoxy) is 2. The van der Waals surface area contributed by atoms with Crippen molar-refractivity contribution in [2.45, 2.75) is 19.1 Å². The Bertz CT molecular complexity index is 1490. The predicted molar refractivity (Wildman–Crippen MR) is 122 cm³/mol. The second-order valence-corrected chi connectivity index (χ2v) is 8.48. The van der Waals surface area contributed by atoms with Crippen LogP contribution in [0.15, 0.2) is 24.3 Å². The summed E-state index contributed by atoms with van der Waals surface area (Å²) in [6, 6.07) is 5.28. The first kappa shape index (κ1) is 22.6. The van der Waals surface area contributed by atoms with Gasteiger partial charge in [-0.3, -0.25) is 14.4 Å². The van der Waals surface area contributed by atoms with E-state index >= 15 is 0 Å². The van der Waals surface area contributed by atoms with Crippen molar-refractivity contribution in [3.8, 4) is 34.1 Å². The maximum atomic E-state index is 13.5. The number of phenolic OH excluding ortho intramolecular Hbond substituents is 3. The van der Waals surface area contributed by atoms with E-state index in [2.05, 4.69) is 0 Å². The third-order valence-electron chi connectivity index (χ3n) is 6.71. The van der Waals surface area contributed by atoms with Crippen LogP contribution in [0.3, 0.4) is 0 Å². The molecule has 9 heteroatoms. The van der Waals surface area contributed by atoms with Crippen molar-refractivity contribution < 1.29 is 44.3 Å². The largest absolute Gasteiger partial charge is 0.507 e. The molecule has 3 aromatic rings. The number of ketones is 2. The zero-order valence-corrected chi connectivity index (χ0v) is 18.9. The third-order valence-corrected chi connectivity index (χ3v) is 6.71. The van der Waals surface area contributed by atoms with Gasteiger partial charge in [-0.25, -0.2) is 0 Å². The Labute approximate surface area is 198 Å². The van der Waals surface area contributed by atoms with Crippen LogP contribution in [0.25, 0.3) is 11.1 Å². The molecule has 0 aromatic heterocycles. The molecule has 35 heavy (non-hydrogen) atoms. The summed E-state index contributed by atoms with van der Waals surface area (Å²) in [6.45, 7) is 1.60. The molecule has 0 saturated heterocycles. The van der Waals surface area contributed by atoms with Crippen LogP contribution in [0.1, 0.15) is 71.1 Å². The zero-order valence-electron chi connectivity index (χ0n) is 18.9. The predicted octanol–water partition coefficient (Wildman–Crippen LogP) is 3.11. The summed E-state index contributed by atoms with van der Waals surface area (Å²) in [7, 11) is 2.68. The zero-order chi connectivity index (χ0) is 25.3. The monoisotopic (exact) mass is 476 g/mol. The molecule has 0 radical (unpaired) electrons. The summed E-state index contributed by atoms with van der Waals surface area (Å²) >= 11 is 0. The first-order valence-corrected chi connectivity index (χ1v) is 10.6. The number of hydrogen-bond donors (Lipinski definition) is 4. The molecule has 9 nitrogen and oxygen atoms in total. The van der Waals surface area contributed by atoms with Crippen LogP contribution in [0.4, 0.5) is 0 Å². The summed E-state index contributed by atoms with van der Waals surface area (Å²) in [5, 5.41) is 43.9. The first-order valence-electron chi connectivity index (χ1n) is 10.6. The summed E-state index contributed by atoms with van der Waals surface area (Å²) in [5.74, 6) is -2.91. The van der Waals surface area contributed by atoms with Gasteiger partial charge in [0.1, 0.15) is 35.2 Å². The van der Waals surface area contributed by atoms with Gasteiger partial charge in [0, 0.05) is 35.4 Å². The molecule has 2 atom stereocenters. The van der Waals surface area contributed by atoms with Crippen LogP contribution in [0, 0.1) is 6.92 Å². The number of aldehydes is 1. The lowest BCUT2D eigenvalue weighted by Gasteiger charge is -2.34. The molecule has 1 unspecified atom stereocenters. The van der Waals surface area contributed by atoms with Crippen molar-refractivity contribution in [2.75, 3.05) is 14.2 Å². The summed E-state index contributed by atoms with van der Waals surface area (Å²) in [5.41, 5.74) is -0.335. The Morgan fingerprint density at radius 2 is 1.46 bits per heavy atom. The molecule has 178 valence electrons. The lowest BCUT2D eigenvalue weighted by Crippen LogP contribution is -2.25. The van der Waals surface area contributed by atoms with Gasteiger partial charge in [-0.05, 0) is 35.7 Å². The third kappa shape index (κ3) is 2.85. The molecular weight excluding hydrogens is 456 g/mol. The second kappa shape index (κ2) is 7.66. The van der Waals surface area contributed by atoms with Crippen LogP contribution >= 0.6 is 0 Å². The number of rotatable bonds is 3. The lowest BCUT2D eigenvalue weighted by molar-refractivity contribution is -0.0164. The Morgan fingerprint density at radius 1 is 0.829 bits per heavy atom. The highest BCUT2D eigenvalue weighted by atomic mass is 16.5. The molecular formula is C26H20O9. The van der Waals surface area contributed by atoms with E-state index in [4.69, 9.17) is 9.47 Å². The van der Waals surface area contributed by atoms with Gasteiger partial charge in [-0.1, -0.05) is 6.07 Å². The quantitative estimate of drug-likeness (QED) is 0.327. The average molecular weight is 476 g/mol. The van der Waals surface area contributed by atoms with Gasteiger partial charge in [0.2, 0.25) is 0 Å². The van der Waals surface area contributed by atoms with Crippen molar-refractivity contribution >= 4 is 17.9 Å². The number of aromatic hydroxyl groups is 3. The van der Waals surface area contributed by atoms with Gasteiger partial charge in [0.15, 0.2) is 17.9 Å². The summed E-state index contributed by atoms with van der Waals surface area (Å²) < 4.78 is 10.6. The number of methoxy groups -OCH3 is 2. The Hall–Kier alpha value is -4.21. The van der Waals surface area contributed by atoms with Gasteiger partial charge in [0.25, 0.3) is 0 Å². The molecule has 0 saturated carbocycles. The van der Waals surface area contributed by atoms with E-state index in [1.165, 1.54) is 32.4 Å². The Kier molecular flexibility index (Phi) is 4.94. The minimum Gasteiger partial charge on any atom is -0.507 e. The molecule has 0 fully saturated rings. The van der Waals surface area contributed by atoms with E-state index in [0.29, 0.717) is 17.4 Å². The SMILES string of the molecule is COc1cc(O)c2c(c1)C(=O)c1c(cc3c(c1O)-c1c(cc(C)c(C=O)c1O)[C@H](OC)C3O)C2=O. The van der Waals surface area contributed by atoms with Crippen molar-refractivity contribution in [1.29, 1.82) is 0 Å². The summed E-state index contributed by atoms with van der Waals surface area (Å²) in [4.78, 5) is 38.5. The number of hydrogen-bond acceptors (Lipinski definition) is 9. The van der Waals surface area contributed by atoms with Crippen molar-refractivity contribution in [3.05, 3.63) is 68.8 Å². The number of benzene rings is 3. The van der Waals surface area contributed by atoms with Crippen LogP contribution in [0.2, 0.25) is 0 Å². The van der Waals surface area contributed by atoms with Crippen LogP contribution in [-0.4, -0.2) is 52.5 Å². The highest BCUT2D eigenvalue weighted by Gasteiger charge is 2.43. The topological polar surface area (TPSA) is 151 Å². The fourth-order valence-corrected chi connectivity index (χ4v) is 5.07. The lowest BCUT2D eigenvalue weighted by atomic mass is 9.74. The molecule has 0 bridgehead atoms. The molecule has 0 spiro atoms. The highest BCUT2D eigenvalue weighted by Crippen LogP contribution is 2.56. The molecule has 2 aliphatic carbocycles. The van der Waals surface area contributed by atoms with E-state index in [1.54, 1.807) is 13.0 Å². The maximum Gasteiger partial charge on any atom is 0.198 e. The number of aryl methyl sites for hydroxylation is 1. The van der Waals surface area contributed by atoms with E-state index in [1.807, 2.05) is 0 Å². The van der Waals surface area contributed by atoms with Crippen LogP contribution < -0.4 is 4.74 Å². The van der Waals surface area contributed by atoms with E-state index < -0.39 is 41.0 Å². The van der Waals surface area contributed by atoms with Crippen LogP contribution in [0.5, 0.6) is 23.0 Å². The minimum atomic E-state index is -1.38. The molecule has 2 aliphatic rings. The van der Waals surface area contributed by atoms with Gasteiger partial charge in [0.05, 0.1) is 23.8 Å². The standard InChI is InChI=1S/C26H20O9/c1-9-4-14-19(23(31)15(9)8-27)18-12(24(32)26(14)35-3)7-13-20(25(18)33)22(30)11-5-10(34-2)6-16(28)17(11)21(13)29/h4-8,24,26,28,31-33H,1-3H3/t24?,26-/m0/s1. The molecule has 5 rings (SSSR count). The van der Waals surface area contributed by atoms with Gasteiger partial charge in [-0.2, -0.15) is 0 Å². The number of fused-ring (bicyclic) bond motifs is 5. The fraction of sp³-hybridized carbons (Fsp3) is 0.192. The second-order valence-electron chi connectivity index (χ2n) is 8.48. The molecule has 0 heterocycles. The number of aliphatic hydroxyl groups excluding tert-OH is 1. The van der Waals surface area contributed by atoms with Gasteiger partial charge in [-0.15, -0.1) is 0 Å². The normalized spacial score (nSPS) is 17.8. The number of aliphatic hydroxyl groups is 1. The Morgan fingerprint density at radius 3 is 2.09 bits per heavy atom. The molecule has 4 N–H and O–H groups in total. The van der Waals surface area contributed by atoms with Crippen LogP contribution in [-0.2, 0) is 4.74 Å². The average Bonchev–Trinajstić information content (AvgIpc) is 2.82. The molecule has 0 amide bonds. The molecule has 0 aliphatic heterocycles. The number of carbonyl (C=O) groups excluding carboxylic acids is 3. The van der Waals surface area contributed by atoms with Crippen molar-refractivity contribution in [1.82, 2.24) is 0 Å². The number of carbonyl (C=O) groups is 3. The minimum absolute atomic E-state index is 0.0182. The maximum absolute atomic E-state index is 13.5. The molecule has 3 aromatic carbocycles. The van der Waals surface area contributed by atoms with E-state index in [9.17, 15) is 34.8 Å². The number of phenols is 3. The van der Waals surface area contributed by atoms with Crippen molar-refractivity contribution in [3.63, 3.8) is 0 Å². The van der Waals surface area contributed by atoms with Gasteiger partial charge < -0.3 is 29.9 Å².